The lowest BCUT2D eigenvalue weighted by molar-refractivity contribution is -0.124. The van der Waals surface area contributed by atoms with Gasteiger partial charge < -0.3 is 11.5 Å². The molecule has 1 aliphatic heterocycles. The summed E-state index contributed by atoms with van der Waals surface area (Å²) in [7, 11) is -3.99. The highest BCUT2D eigenvalue weighted by Crippen LogP contribution is 2.19. The fourth-order valence-electron chi connectivity index (χ4n) is 1.48. The highest BCUT2D eigenvalue weighted by molar-refractivity contribution is 7.90. The lowest BCUT2D eigenvalue weighted by atomic mass is 10.3. The van der Waals surface area contributed by atoms with Gasteiger partial charge in [-0.1, -0.05) is 0 Å². The minimum absolute atomic E-state index is 0.142. The number of nitrogens with one attached hydrogen (secondary N) is 2. The van der Waals surface area contributed by atoms with Gasteiger partial charge in [0.2, 0.25) is 12.0 Å². The Morgan fingerprint density at radius 1 is 1.05 bits per heavy atom. The first-order valence-corrected chi connectivity index (χ1v) is 7.20. The summed E-state index contributed by atoms with van der Waals surface area (Å²) in [4.78, 5) is 22.3. The molecule has 0 aliphatic carbocycles. The molecule has 0 saturated carbocycles. The van der Waals surface area contributed by atoms with Crippen LogP contribution in [0, 0.1) is 0 Å². The van der Waals surface area contributed by atoms with Crippen molar-refractivity contribution in [3.8, 4) is 0 Å². The van der Waals surface area contributed by atoms with Crippen LogP contribution in [-0.2, 0) is 19.6 Å². The number of nitrogens with two attached hydrogens (primary N) is 2. The number of hydrogen-bond donors (Lipinski definition) is 4. The number of azo groups is 1. The van der Waals surface area contributed by atoms with Gasteiger partial charge in [-0.2, -0.15) is 18.6 Å². The van der Waals surface area contributed by atoms with Crippen molar-refractivity contribution in [2.75, 3.05) is 0 Å². The lowest BCUT2D eigenvalue weighted by Crippen LogP contribution is -2.28. The second-order valence-corrected chi connectivity index (χ2v) is 5.69. The Bertz CT molecular complexity index is 749. The van der Waals surface area contributed by atoms with Crippen LogP contribution in [0.25, 0.3) is 0 Å². The summed E-state index contributed by atoms with van der Waals surface area (Å²) in [6.07, 6.45) is 0. The molecule has 12 heteroatoms. The minimum Gasteiger partial charge on any atom is -0.369 e. The van der Waals surface area contributed by atoms with E-state index >= 15 is 0 Å². The van der Waals surface area contributed by atoms with Crippen LogP contribution in [0.4, 0.5) is 5.69 Å². The molecule has 116 valence electrons. The van der Waals surface area contributed by atoms with Gasteiger partial charge in [-0.05, 0) is 24.3 Å². The van der Waals surface area contributed by atoms with Crippen molar-refractivity contribution in [1.29, 1.82) is 0 Å². The van der Waals surface area contributed by atoms with Gasteiger partial charge in [0.25, 0.3) is 21.8 Å². The van der Waals surface area contributed by atoms with Crippen molar-refractivity contribution in [2.45, 2.75) is 10.9 Å². The average Bonchev–Trinajstić information content (AvgIpc) is 2.75. The Labute approximate surface area is 124 Å². The average molecular weight is 325 g/mol. The number of hydrazine groups is 1. The van der Waals surface area contributed by atoms with E-state index in [0.717, 1.165) is 0 Å². The van der Waals surface area contributed by atoms with Crippen LogP contribution in [0.3, 0.4) is 0 Å². The maximum atomic E-state index is 11.7. The summed E-state index contributed by atoms with van der Waals surface area (Å²) in [5.74, 6) is -1.83. The second kappa shape index (κ2) is 5.77. The van der Waals surface area contributed by atoms with Crippen LogP contribution in [0.5, 0.6) is 0 Å². The number of carbonyl (C=O) groups is 2. The van der Waals surface area contributed by atoms with E-state index in [2.05, 4.69) is 25.5 Å². The van der Waals surface area contributed by atoms with E-state index in [-0.39, 0.29) is 10.6 Å². The molecule has 1 aromatic carbocycles. The molecule has 0 unspecified atom stereocenters. The molecule has 0 spiro atoms. The molecule has 0 radical (unpaired) electrons. The summed E-state index contributed by atoms with van der Waals surface area (Å²) in [5, 5.41) is 7.28. The van der Waals surface area contributed by atoms with Crippen LogP contribution in [0.2, 0.25) is 0 Å². The predicted octanol–water partition coefficient (Wildman–Crippen LogP) is -1.74. The van der Waals surface area contributed by atoms with Crippen molar-refractivity contribution in [3.05, 3.63) is 24.3 Å². The van der Waals surface area contributed by atoms with Crippen LogP contribution >= 0.6 is 0 Å². The second-order valence-electron chi connectivity index (χ2n) is 4.08. The number of benzene rings is 1. The summed E-state index contributed by atoms with van der Waals surface area (Å²) < 4.78 is 26.5. The largest absolute Gasteiger partial charge is 0.369 e. The van der Waals surface area contributed by atoms with Crippen LogP contribution in [-0.4, -0.2) is 32.2 Å². The third kappa shape index (κ3) is 3.35. The number of amides is 2. The van der Waals surface area contributed by atoms with Crippen molar-refractivity contribution >= 4 is 33.5 Å². The Morgan fingerprint density at radius 3 is 2.09 bits per heavy atom. The smallest absolute Gasteiger partial charge is 0.285 e. The highest BCUT2D eigenvalue weighted by Gasteiger charge is 2.33. The van der Waals surface area contributed by atoms with E-state index in [9.17, 15) is 18.0 Å². The van der Waals surface area contributed by atoms with E-state index in [0.29, 0.717) is 0 Å². The summed E-state index contributed by atoms with van der Waals surface area (Å²) in [5.41, 5.74) is 14.5. The van der Waals surface area contributed by atoms with Crippen molar-refractivity contribution in [2.24, 2.45) is 26.1 Å². The Hall–Kier alpha value is -3.02. The highest BCUT2D eigenvalue weighted by atomic mass is 32.2. The molecular formula is C10H11N7O4S. The van der Waals surface area contributed by atoms with E-state index in [4.69, 9.17) is 11.5 Å². The van der Waals surface area contributed by atoms with Crippen molar-refractivity contribution in [3.63, 3.8) is 0 Å². The molecule has 1 fully saturated rings. The van der Waals surface area contributed by atoms with Gasteiger partial charge in [-0.3, -0.25) is 20.4 Å². The van der Waals surface area contributed by atoms with Crippen LogP contribution < -0.4 is 22.3 Å². The topological polar surface area (TPSA) is 181 Å². The molecule has 22 heavy (non-hydrogen) atoms. The molecule has 0 atom stereocenters. The first-order chi connectivity index (χ1) is 10.3. The quantitative estimate of drug-likeness (QED) is 0.220. The first kappa shape index (κ1) is 15.4. The minimum atomic E-state index is -3.99. The van der Waals surface area contributed by atoms with Crippen molar-refractivity contribution < 1.29 is 18.0 Å². The van der Waals surface area contributed by atoms with E-state index in [1.165, 1.54) is 24.3 Å². The number of nitrogens with zero attached hydrogens (tertiary/aromatic N) is 3. The third-order valence-electron chi connectivity index (χ3n) is 2.45. The molecular weight excluding hydrogens is 314 g/mol. The summed E-state index contributed by atoms with van der Waals surface area (Å²) in [6, 6.07) is 3.80. The molecule has 1 aromatic rings. The van der Waals surface area contributed by atoms with Gasteiger partial charge in [0.15, 0.2) is 0 Å². The molecule has 11 nitrogen and oxygen atoms in total. The number of hydrogen-bond acceptors (Lipinski definition) is 6. The van der Waals surface area contributed by atoms with E-state index in [1.807, 2.05) is 0 Å². The molecule has 2 rings (SSSR count). The van der Waals surface area contributed by atoms with Crippen LogP contribution in [0.15, 0.2) is 43.8 Å². The Balaban J connectivity index is 2.18. The summed E-state index contributed by atoms with van der Waals surface area (Å²) >= 11 is 0. The zero-order chi connectivity index (χ0) is 16.3. The standard InChI is InChI=1S/C10H11N7O4S/c11-10(12)17-22(20,21)6-3-1-5(2-4-6)13-14-7-8(18)15-16-9(7)19/h1-4,7H,(H,15,18)(H,16,19)(H4,11,12,17). The zero-order valence-corrected chi connectivity index (χ0v) is 11.7. The molecule has 1 saturated heterocycles. The molecule has 2 amide bonds. The van der Waals surface area contributed by atoms with E-state index in [1.54, 1.807) is 0 Å². The number of guanidine groups is 1. The molecule has 0 aromatic heterocycles. The molecule has 1 aliphatic rings. The zero-order valence-electron chi connectivity index (χ0n) is 10.9. The fourth-order valence-corrected chi connectivity index (χ4v) is 2.35. The van der Waals surface area contributed by atoms with Gasteiger partial charge in [0, 0.05) is 0 Å². The Kier molecular flexibility index (Phi) is 4.03. The SMILES string of the molecule is NC(N)=NS(=O)(=O)c1ccc(N=NC2C(=O)NNC2=O)cc1. The molecule has 6 N–H and O–H groups in total. The summed E-state index contributed by atoms with van der Waals surface area (Å²) in [6.45, 7) is 0. The van der Waals surface area contributed by atoms with Gasteiger partial charge >= 0.3 is 0 Å². The fraction of sp³-hybridized carbons (Fsp3) is 0.100. The van der Waals surface area contributed by atoms with Crippen LogP contribution in [0.1, 0.15) is 0 Å². The lowest BCUT2D eigenvalue weighted by Gasteiger charge is -2.00. The van der Waals surface area contributed by atoms with Gasteiger partial charge in [0.1, 0.15) is 0 Å². The molecule has 1 heterocycles. The monoisotopic (exact) mass is 325 g/mol. The molecule has 0 bridgehead atoms. The van der Waals surface area contributed by atoms with Crippen molar-refractivity contribution in [1.82, 2.24) is 10.9 Å². The van der Waals surface area contributed by atoms with E-state index < -0.39 is 33.8 Å². The number of rotatable bonds is 4. The Morgan fingerprint density at radius 2 is 1.59 bits per heavy atom. The van der Waals surface area contributed by atoms with Gasteiger partial charge in [-0.15, -0.1) is 4.40 Å². The number of carbonyl (C=O) groups excluding carboxylic acids is 2. The van der Waals surface area contributed by atoms with Gasteiger partial charge in [-0.25, -0.2) is 0 Å². The first-order valence-electron chi connectivity index (χ1n) is 5.76. The van der Waals surface area contributed by atoms with Gasteiger partial charge in [0.05, 0.1) is 10.6 Å². The maximum absolute atomic E-state index is 11.7. The maximum Gasteiger partial charge on any atom is 0.285 e. The normalized spacial score (nSPS) is 15.6. The predicted molar refractivity (Wildman–Crippen MR) is 74.0 cm³/mol. The third-order valence-corrected chi connectivity index (χ3v) is 3.77. The number of sulfonamides is 1.